The minimum Gasteiger partial charge on any atom is -0.243 e. The Balaban J connectivity index is 2.42. The van der Waals surface area contributed by atoms with Crippen molar-refractivity contribution in [2.75, 3.05) is 0 Å². The van der Waals surface area contributed by atoms with Gasteiger partial charge in [-0.2, -0.15) is 5.26 Å². The molecule has 1 saturated carbocycles. The van der Waals surface area contributed by atoms with Crippen LogP contribution >= 0.6 is 23.2 Å². The summed E-state index contributed by atoms with van der Waals surface area (Å²) < 4.78 is 0. The summed E-state index contributed by atoms with van der Waals surface area (Å²) in [5.41, 5.74) is 0.530. The average molecular weight is 227 g/mol. The van der Waals surface area contributed by atoms with Crippen LogP contribution in [0.4, 0.5) is 0 Å². The lowest BCUT2D eigenvalue weighted by Crippen LogP contribution is -2.32. The van der Waals surface area contributed by atoms with Crippen LogP contribution in [0.1, 0.15) is 24.8 Å². The van der Waals surface area contributed by atoms with Gasteiger partial charge in [-0.1, -0.05) is 23.2 Å². The van der Waals surface area contributed by atoms with E-state index in [2.05, 4.69) is 11.1 Å². The lowest BCUT2D eigenvalue weighted by Gasteiger charge is -2.35. The minimum atomic E-state index is -0.360. The van der Waals surface area contributed by atoms with Gasteiger partial charge in [0.15, 0.2) is 0 Å². The minimum absolute atomic E-state index is 0.294. The number of nitriles is 1. The van der Waals surface area contributed by atoms with Crippen LogP contribution in [0.25, 0.3) is 0 Å². The second kappa shape index (κ2) is 3.42. The lowest BCUT2D eigenvalue weighted by molar-refractivity contribution is 0.323. The van der Waals surface area contributed by atoms with Crippen molar-refractivity contribution in [1.82, 2.24) is 4.98 Å². The van der Waals surface area contributed by atoms with Crippen LogP contribution in [-0.2, 0) is 5.41 Å². The molecule has 0 unspecified atom stereocenters. The molecule has 0 aromatic carbocycles. The fourth-order valence-electron chi connectivity index (χ4n) is 1.68. The summed E-state index contributed by atoms with van der Waals surface area (Å²) in [5, 5.41) is 9.81. The number of aromatic nitrogens is 1. The van der Waals surface area contributed by atoms with Crippen molar-refractivity contribution in [1.29, 1.82) is 5.26 Å². The highest BCUT2D eigenvalue weighted by atomic mass is 35.5. The van der Waals surface area contributed by atoms with Gasteiger partial charge in [-0.05, 0) is 30.9 Å². The Hall–Kier alpha value is -0.780. The van der Waals surface area contributed by atoms with Crippen molar-refractivity contribution < 1.29 is 0 Å². The number of hydrogen-bond donors (Lipinski definition) is 0. The summed E-state index contributed by atoms with van der Waals surface area (Å²) in [7, 11) is 0. The first-order valence-electron chi connectivity index (χ1n) is 4.41. The van der Waals surface area contributed by atoms with E-state index < -0.39 is 0 Å². The molecule has 72 valence electrons. The first-order valence-corrected chi connectivity index (χ1v) is 5.16. The van der Waals surface area contributed by atoms with Gasteiger partial charge in [0, 0.05) is 6.20 Å². The Bertz CT molecular complexity index is 405. The third-order valence-corrected chi connectivity index (χ3v) is 3.46. The number of rotatable bonds is 1. The van der Waals surface area contributed by atoms with Crippen molar-refractivity contribution in [3.8, 4) is 6.07 Å². The Kier molecular flexibility index (Phi) is 2.38. The van der Waals surface area contributed by atoms with E-state index in [-0.39, 0.29) is 5.41 Å². The fraction of sp³-hybridized carbons (Fsp3) is 0.400. The maximum atomic E-state index is 9.10. The van der Waals surface area contributed by atoms with E-state index in [0.29, 0.717) is 10.2 Å². The third kappa shape index (κ3) is 1.37. The molecule has 0 spiro atoms. The molecular formula is C10H8Cl2N2. The zero-order valence-corrected chi connectivity index (χ0v) is 8.94. The van der Waals surface area contributed by atoms with Crippen LogP contribution in [0.5, 0.6) is 0 Å². The van der Waals surface area contributed by atoms with Gasteiger partial charge >= 0.3 is 0 Å². The van der Waals surface area contributed by atoms with Crippen LogP contribution in [0.3, 0.4) is 0 Å². The zero-order chi connectivity index (χ0) is 10.2. The summed E-state index contributed by atoms with van der Waals surface area (Å²) in [6.07, 6.45) is 4.52. The van der Waals surface area contributed by atoms with Crippen LogP contribution in [0, 0.1) is 11.3 Å². The Morgan fingerprint density at radius 1 is 1.43 bits per heavy atom. The van der Waals surface area contributed by atoms with E-state index in [4.69, 9.17) is 28.5 Å². The Morgan fingerprint density at radius 3 is 2.57 bits per heavy atom. The predicted molar refractivity (Wildman–Crippen MR) is 55.4 cm³/mol. The Labute approximate surface area is 92.5 Å². The van der Waals surface area contributed by atoms with E-state index >= 15 is 0 Å². The van der Waals surface area contributed by atoms with E-state index in [9.17, 15) is 0 Å². The topological polar surface area (TPSA) is 36.7 Å². The molecule has 0 N–H and O–H groups in total. The Morgan fingerprint density at radius 2 is 2.14 bits per heavy atom. The molecule has 14 heavy (non-hydrogen) atoms. The lowest BCUT2D eigenvalue weighted by atomic mass is 9.66. The molecule has 1 heterocycles. The number of halogens is 2. The molecule has 0 bridgehead atoms. The fourth-order valence-corrected chi connectivity index (χ4v) is 1.95. The summed E-state index contributed by atoms with van der Waals surface area (Å²) >= 11 is 11.6. The summed E-state index contributed by atoms with van der Waals surface area (Å²) in [4.78, 5) is 3.96. The molecule has 2 rings (SSSR count). The average Bonchev–Trinajstić information content (AvgIpc) is 2.10. The number of pyridine rings is 1. The highest BCUT2D eigenvalue weighted by molar-refractivity contribution is 6.41. The molecule has 1 aromatic rings. The molecule has 1 aromatic heterocycles. The highest BCUT2D eigenvalue weighted by Gasteiger charge is 2.39. The van der Waals surface area contributed by atoms with Gasteiger partial charge in [-0.15, -0.1) is 0 Å². The molecule has 1 fully saturated rings. The molecule has 0 atom stereocenters. The maximum Gasteiger partial charge on any atom is 0.147 e. The zero-order valence-electron chi connectivity index (χ0n) is 7.43. The maximum absolute atomic E-state index is 9.10. The molecule has 2 nitrogen and oxygen atoms in total. The van der Waals surface area contributed by atoms with Crippen molar-refractivity contribution in [3.05, 3.63) is 28.0 Å². The number of nitrogens with zero attached hydrogens (tertiary/aromatic N) is 2. The summed E-state index contributed by atoms with van der Waals surface area (Å²) in [6.45, 7) is 0. The van der Waals surface area contributed by atoms with E-state index in [1.54, 1.807) is 12.3 Å². The smallest absolute Gasteiger partial charge is 0.147 e. The van der Waals surface area contributed by atoms with Crippen molar-refractivity contribution in [3.63, 3.8) is 0 Å². The molecule has 0 aliphatic heterocycles. The molecule has 0 saturated heterocycles. The van der Waals surface area contributed by atoms with Crippen molar-refractivity contribution >= 4 is 23.2 Å². The van der Waals surface area contributed by atoms with Gasteiger partial charge in [0.05, 0.1) is 16.5 Å². The monoisotopic (exact) mass is 226 g/mol. The summed E-state index contributed by atoms with van der Waals surface area (Å²) in [6, 6.07) is 4.09. The first kappa shape index (κ1) is 9.76. The number of hydrogen-bond acceptors (Lipinski definition) is 2. The molecule has 4 heteroatoms. The molecule has 1 aliphatic carbocycles. The molecular weight excluding hydrogens is 219 g/mol. The molecule has 1 aliphatic rings. The van der Waals surface area contributed by atoms with Crippen LogP contribution < -0.4 is 0 Å². The molecule has 0 amide bonds. The van der Waals surface area contributed by atoms with Gasteiger partial charge in [-0.3, -0.25) is 0 Å². The second-order valence-corrected chi connectivity index (χ2v) is 4.31. The van der Waals surface area contributed by atoms with Crippen LogP contribution in [-0.4, -0.2) is 4.98 Å². The standard InChI is InChI=1S/C10H8Cl2N2/c11-8-4-7(5-14-9(8)12)10(6-13)2-1-3-10/h4-5H,1-3H2. The van der Waals surface area contributed by atoms with Gasteiger partial charge in [-0.25, -0.2) is 4.98 Å². The van der Waals surface area contributed by atoms with Gasteiger partial charge in [0.25, 0.3) is 0 Å². The van der Waals surface area contributed by atoms with Gasteiger partial charge < -0.3 is 0 Å². The van der Waals surface area contributed by atoms with Crippen molar-refractivity contribution in [2.24, 2.45) is 0 Å². The van der Waals surface area contributed by atoms with Crippen molar-refractivity contribution in [2.45, 2.75) is 24.7 Å². The van der Waals surface area contributed by atoms with E-state index in [0.717, 1.165) is 24.8 Å². The SMILES string of the molecule is N#CC1(c2cnc(Cl)c(Cl)c2)CCC1. The van der Waals surface area contributed by atoms with E-state index in [1.807, 2.05) is 0 Å². The van der Waals surface area contributed by atoms with Gasteiger partial charge in [0.2, 0.25) is 0 Å². The van der Waals surface area contributed by atoms with Crippen LogP contribution in [0.15, 0.2) is 12.3 Å². The first-order chi connectivity index (χ1) is 6.68. The normalized spacial score (nSPS) is 18.4. The van der Waals surface area contributed by atoms with Gasteiger partial charge in [0.1, 0.15) is 5.15 Å². The predicted octanol–water partition coefficient (Wildman–Crippen LogP) is 3.33. The highest BCUT2D eigenvalue weighted by Crippen LogP contribution is 2.43. The quantitative estimate of drug-likeness (QED) is 0.690. The van der Waals surface area contributed by atoms with E-state index in [1.165, 1.54) is 0 Å². The largest absolute Gasteiger partial charge is 0.243 e. The second-order valence-electron chi connectivity index (χ2n) is 3.54. The third-order valence-electron chi connectivity index (χ3n) is 2.77. The summed E-state index contributed by atoms with van der Waals surface area (Å²) in [5.74, 6) is 0. The van der Waals surface area contributed by atoms with Crippen LogP contribution in [0.2, 0.25) is 10.2 Å². The molecule has 0 radical (unpaired) electrons.